The fourth-order valence-electron chi connectivity index (χ4n) is 3.26. The number of hydrogen-bond donors (Lipinski definition) is 1. The van der Waals surface area contributed by atoms with Crippen LogP contribution in [-0.4, -0.2) is 27.0 Å². The van der Waals surface area contributed by atoms with Crippen LogP contribution >= 0.6 is 0 Å². The largest absolute Gasteiger partial charge is 0.398 e. The highest BCUT2D eigenvalue weighted by molar-refractivity contribution is 6.05. The maximum Gasteiger partial charge on any atom is 0.256 e. The van der Waals surface area contributed by atoms with Gasteiger partial charge in [-0.05, 0) is 41.0 Å². The Labute approximate surface area is 144 Å². The predicted molar refractivity (Wildman–Crippen MR) is 94.5 cm³/mol. The molecule has 0 bridgehead atoms. The van der Waals surface area contributed by atoms with Gasteiger partial charge >= 0.3 is 0 Å². The molecule has 0 saturated heterocycles. The van der Waals surface area contributed by atoms with Gasteiger partial charge in [-0.25, -0.2) is 4.52 Å². The van der Waals surface area contributed by atoms with E-state index >= 15 is 0 Å². The van der Waals surface area contributed by atoms with Gasteiger partial charge in [0.2, 0.25) is 0 Å². The number of carbonyl (C=O) groups excluding carboxylic acids is 1. The molecule has 0 spiro atoms. The van der Waals surface area contributed by atoms with Crippen molar-refractivity contribution in [2.75, 3.05) is 12.3 Å². The zero-order valence-electron chi connectivity index (χ0n) is 13.4. The molecule has 3 aromatic rings. The van der Waals surface area contributed by atoms with E-state index in [0.29, 0.717) is 23.4 Å². The van der Waals surface area contributed by atoms with Gasteiger partial charge in [0.25, 0.3) is 5.91 Å². The minimum atomic E-state index is -0.156. The van der Waals surface area contributed by atoms with E-state index in [9.17, 15) is 4.79 Å². The highest BCUT2D eigenvalue weighted by atomic mass is 16.2. The van der Waals surface area contributed by atoms with Gasteiger partial charge in [-0.2, -0.15) is 10.4 Å². The number of anilines is 1. The molecule has 3 heterocycles. The SMILES string of the molecule is C=C(C#N)CN1Cc2c(-c3ccn4nccc4c3)ccc(N)c2C1=O. The lowest BCUT2D eigenvalue weighted by atomic mass is 9.96. The second-order valence-electron chi connectivity index (χ2n) is 6.05. The summed E-state index contributed by atoms with van der Waals surface area (Å²) in [6.45, 7) is 4.30. The van der Waals surface area contributed by atoms with Crippen LogP contribution in [0.25, 0.3) is 16.6 Å². The average Bonchev–Trinajstić information content (AvgIpc) is 3.20. The molecule has 6 heteroatoms. The molecule has 2 aromatic heterocycles. The summed E-state index contributed by atoms with van der Waals surface area (Å²) < 4.78 is 1.79. The summed E-state index contributed by atoms with van der Waals surface area (Å²) in [5.74, 6) is -0.156. The first-order valence-electron chi connectivity index (χ1n) is 7.81. The standard InChI is InChI=1S/C19H15N5O/c1-12(9-20)10-23-11-16-15(2-3-17(21)18(16)19(23)25)13-5-7-24-14(8-13)4-6-22-24/h2-8H,1,10-11,21H2. The number of aromatic nitrogens is 2. The average molecular weight is 329 g/mol. The quantitative estimate of drug-likeness (QED) is 0.591. The summed E-state index contributed by atoms with van der Waals surface area (Å²) in [5, 5.41) is 13.1. The van der Waals surface area contributed by atoms with Gasteiger partial charge < -0.3 is 10.6 Å². The third-order valence-electron chi connectivity index (χ3n) is 4.45. The Morgan fingerprint density at radius 3 is 3.00 bits per heavy atom. The van der Waals surface area contributed by atoms with Crippen molar-refractivity contribution in [2.45, 2.75) is 6.54 Å². The Morgan fingerprint density at radius 2 is 2.20 bits per heavy atom. The van der Waals surface area contributed by atoms with Crippen LogP contribution in [0.2, 0.25) is 0 Å². The molecule has 1 aliphatic rings. The van der Waals surface area contributed by atoms with E-state index in [-0.39, 0.29) is 12.5 Å². The number of pyridine rings is 1. The van der Waals surface area contributed by atoms with Gasteiger partial charge in [0, 0.05) is 30.2 Å². The maximum atomic E-state index is 12.7. The Kier molecular flexibility index (Phi) is 3.29. The highest BCUT2D eigenvalue weighted by Crippen LogP contribution is 2.36. The van der Waals surface area contributed by atoms with Crippen molar-refractivity contribution >= 4 is 17.1 Å². The molecule has 0 unspecified atom stereocenters. The molecule has 1 aliphatic heterocycles. The number of benzene rings is 1. The first-order chi connectivity index (χ1) is 12.1. The Hall–Kier alpha value is -3.59. The van der Waals surface area contributed by atoms with Crippen LogP contribution in [0.4, 0.5) is 5.69 Å². The van der Waals surface area contributed by atoms with Crippen LogP contribution in [-0.2, 0) is 6.54 Å². The van der Waals surface area contributed by atoms with Crippen LogP contribution in [0.1, 0.15) is 15.9 Å². The number of fused-ring (bicyclic) bond motifs is 2. The Bertz CT molecular complexity index is 1070. The topological polar surface area (TPSA) is 87.4 Å². The zero-order valence-corrected chi connectivity index (χ0v) is 13.4. The number of nitrogens with two attached hydrogens (primary N) is 1. The fourth-order valence-corrected chi connectivity index (χ4v) is 3.26. The van der Waals surface area contributed by atoms with Gasteiger partial charge in [0.1, 0.15) is 0 Å². The van der Waals surface area contributed by atoms with Crippen LogP contribution < -0.4 is 5.73 Å². The maximum absolute atomic E-state index is 12.7. The molecular formula is C19H15N5O. The van der Waals surface area contributed by atoms with Crippen molar-refractivity contribution in [1.82, 2.24) is 14.5 Å². The van der Waals surface area contributed by atoms with Crippen LogP contribution in [0, 0.1) is 11.3 Å². The van der Waals surface area contributed by atoms with E-state index in [0.717, 1.165) is 22.2 Å². The fraction of sp³-hybridized carbons (Fsp3) is 0.105. The highest BCUT2D eigenvalue weighted by Gasteiger charge is 2.32. The molecule has 0 radical (unpaired) electrons. The number of hydrogen-bond acceptors (Lipinski definition) is 4. The van der Waals surface area contributed by atoms with Crippen LogP contribution in [0.5, 0.6) is 0 Å². The predicted octanol–water partition coefficient (Wildman–Crippen LogP) is 2.62. The van der Waals surface area contributed by atoms with E-state index in [1.807, 2.05) is 36.5 Å². The van der Waals surface area contributed by atoms with Crippen molar-refractivity contribution in [1.29, 1.82) is 5.26 Å². The number of nitriles is 1. The normalized spacial score (nSPS) is 13.1. The molecule has 6 nitrogen and oxygen atoms in total. The molecular weight excluding hydrogens is 314 g/mol. The second kappa shape index (κ2) is 5.49. The minimum Gasteiger partial charge on any atom is -0.398 e. The molecule has 0 fully saturated rings. The van der Waals surface area contributed by atoms with Crippen molar-refractivity contribution in [3.05, 3.63) is 66.0 Å². The monoisotopic (exact) mass is 329 g/mol. The summed E-state index contributed by atoms with van der Waals surface area (Å²) in [4.78, 5) is 14.3. The molecule has 0 atom stereocenters. The third-order valence-corrected chi connectivity index (χ3v) is 4.45. The number of nitrogen functional groups attached to an aromatic ring is 1. The van der Waals surface area contributed by atoms with E-state index in [1.54, 1.807) is 21.7 Å². The lowest BCUT2D eigenvalue weighted by Crippen LogP contribution is -2.26. The first-order valence-corrected chi connectivity index (χ1v) is 7.81. The number of rotatable bonds is 3. The Balaban J connectivity index is 1.81. The minimum absolute atomic E-state index is 0.156. The smallest absolute Gasteiger partial charge is 0.256 e. The third kappa shape index (κ3) is 2.34. The lowest BCUT2D eigenvalue weighted by molar-refractivity contribution is 0.0795. The van der Waals surface area contributed by atoms with Gasteiger partial charge in [0.15, 0.2) is 0 Å². The number of carbonyl (C=O) groups is 1. The van der Waals surface area contributed by atoms with Crippen LogP contribution in [0.15, 0.2) is 54.9 Å². The lowest BCUT2D eigenvalue weighted by Gasteiger charge is -2.14. The molecule has 1 amide bonds. The summed E-state index contributed by atoms with van der Waals surface area (Å²) in [6.07, 6.45) is 3.63. The molecule has 122 valence electrons. The van der Waals surface area contributed by atoms with Crippen molar-refractivity contribution in [3.8, 4) is 17.2 Å². The van der Waals surface area contributed by atoms with Gasteiger partial charge in [0.05, 0.1) is 23.7 Å². The molecule has 25 heavy (non-hydrogen) atoms. The number of amides is 1. The summed E-state index contributed by atoms with van der Waals surface area (Å²) in [5.41, 5.74) is 11.2. The van der Waals surface area contributed by atoms with Crippen LogP contribution in [0.3, 0.4) is 0 Å². The van der Waals surface area contributed by atoms with E-state index in [4.69, 9.17) is 11.0 Å². The molecule has 0 aliphatic carbocycles. The van der Waals surface area contributed by atoms with Gasteiger partial charge in [-0.15, -0.1) is 0 Å². The molecule has 1 aromatic carbocycles. The molecule has 2 N–H and O–H groups in total. The van der Waals surface area contributed by atoms with E-state index < -0.39 is 0 Å². The van der Waals surface area contributed by atoms with Gasteiger partial charge in [-0.3, -0.25) is 4.79 Å². The van der Waals surface area contributed by atoms with E-state index in [1.165, 1.54) is 0 Å². The number of nitrogens with zero attached hydrogens (tertiary/aromatic N) is 4. The van der Waals surface area contributed by atoms with Gasteiger partial charge in [-0.1, -0.05) is 12.6 Å². The zero-order chi connectivity index (χ0) is 17.6. The second-order valence-corrected chi connectivity index (χ2v) is 6.05. The Morgan fingerprint density at radius 1 is 1.36 bits per heavy atom. The van der Waals surface area contributed by atoms with Crippen molar-refractivity contribution in [3.63, 3.8) is 0 Å². The summed E-state index contributed by atoms with van der Waals surface area (Å²) >= 11 is 0. The van der Waals surface area contributed by atoms with Crippen molar-refractivity contribution in [2.24, 2.45) is 0 Å². The molecule has 4 rings (SSSR count). The summed E-state index contributed by atoms with van der Waals surface area (Å²) in [7, 11) is 0. The van der Waals surface area contributed by atoms with Crippen molar-refractivity contribution < 1.29 is 4.79 Å². The van der Waals surface area contributed by atoms with E-state index in [2.05, 4.69) is 11.7 Å². The molecule has 0 saturated carbocycles. The summed E-state index contributed by atoms with van der Waals surface area (Å²) in [6, 6.07) is 11.6. The first kappa shape index (κ1) is 15.0.